The second kappa shape index (κ2) is 13.3. The number of hydrogen-bond donors (Lipinski definition) is 2. The van der Waals surface area contributed by atoms with Crippen molar-refractivity contribution in [2.24, 2.45) is 11.8 Å². The lowest BCUT2D eigenvalue weighted by Crippen LogP contribution is -2.43. The second-order valence-electron chi connectivity index (χ2n) is 8.74. The lowest BCUT2D eigenvalue weighted by atomic mass is 9.81. The zero-order chi connectivity index (χ0) is 25.9. The molecule has 36 heavy (non-hydrogen) atoms. The highest BCUT2D eigenvalue weighted by atomic mass is 16.6. The van der Waals surface area contributed by atoms with Gasteiger partial charge in [0.2, 0.25) is 0 Å². The molecule has 1 aliphatic rings. The van der Waals surface area contributed by atoms with E-state index in [1.165, 1.54) is 0 Å². The predicted octanol–water partition coefficient (Wildman–Crippen LogP) is 5.88. The molecule has 1 fully saturated rings. The Balaban J connectivity index is 1.60. The summed E-state index contributed by atoms with van der Waals surface area (Å²) in [6.07, 6.45) is 6.46. The van der Waals surface area contributed by atoms with Gasteiger partial charge in [-0.15, -0.1) is 6.58 Å². The summed E-state index contributed by atoms with van der Waals surface area (Å²) in [5, 5.41) is 9.55. The lowest BCUT2D eigenvalue weighted by Gasteiger charge is -2.36. The Labute approximate surface area is 212 Å². The summed E-state index contributed by atoms with van der Waals surface area (Å²) in [5.41, 5.74) is 4.48. The van der Waals surface area contributed by atoms with Crippen LogP contribution in [0.3, 0.4) is 0 Å². The number of rotatable bonds is 11. The van der Waals surface area contributed by atoms with Crippen molar-refractivity contribution in [3.05, 3.63) is 91.0 Å². The summed E-state index contributed by atoms with van der Waals surface area (Å²) < 4.78 is 10.8. The van der Waals surface area contributed by atoms with Gasteiger partial charge >= 0.3 is 6.09 Å². The van der Waals surface area contributed by atoms with Gasteiger partial charge in [-0.05, 0) is 48.4 Å². The highest BCUT2D eigenvalue weighted by molar-refractivity contribution is 6.22. The molecule has 0 spiro atoms. The van der Waals surface area contributed by atoms with Crippen LogP contribution in [-0.4, -0.2) is 42.2 Å². The minimum absolute atomic E-state index is 0.0628. The smallest absolute Gasteiger partial charge is 0.410 e. The summed E-state index contributed by atoms with van der Waals surface area (Å²) in [4.78, 5) is 27.6. The number of piperidine rings is 1. The Morgan fingerprint density at radius 1 is 1.19 bits per heavy atom. The molecule has 7 nitrogen and oxygen atoms in total. The monoisotopic (exact) mass is 490 g/mol. The summed E-state index contributed by atoms with van der Waals surface area (Å²) in [6, 6.07) is 14.6. The van der Waals surface area contributed by atoms with Crippen LogP contribution < -0.4 is 10.2 Å². The number of nitrogens with one attached hydrogen (secondary N) is 1. The predicted molar refractivity (Wildman–Crippen MR) is 141 cm³/mol. The molecule has 2 aromatic rings. The standard InChI is InChI=1S/C29H34N2O5/c1-4-9-25(26-18-24(35-3)13-14-27(26)30-34)28(32)15-12-23-16-17-31(19-22(23)5-2)29(33)36-20-21-10-7-6-8-11-21/h4-11,13-14,18,22-23,30,34H,1-2,12,15-17,19-20H2,3H3/b25-9+/t22-,23+/m0/s1. The number of benzene rings is 2. The van der Waals surface area contributed by atoms with Crippen LogP contribution >= 0.6 is 0 Å². The summed E-state index contributed by atoms with van der Waals surface area (Å²) in [6.45, 7) is 9.02. The van der Waals surface area contributed by atoms with Crippen molar-refractivity contribution in [1.29, 1.82) is 0 Å². The SMILES string of the molecule is C=C/C=C(/C(=O)CC[C@@H]1CCN(C(=O)OCc2ccccc2)C[C@@H]1C=C)c1cc(OC)ccc1NO. The zero-order valence-corrected chi connectivity index (χ0v) is 20.7. The molecule has 2 aromatic carbocycles. The van der Waals surface area contributed by atoms with Crippen molar-refractivity contribution in [3.63, 3.8) is 0 Å². The Bertz CT molecular complexity index is 1100. The molecule has 190 valence electrons. The topological polar surface area (TPSA) is 88.1 Å². The van der Waals surface area contributed by atoms with Gasteiger partial charge in [-0.25, -0.2) is 4.79 Å². The van der Waals surface area contributed by atoms with Crippen molar-refractivity contribution >= 4 is 23.1 Å². The first-order chi connectivity index (χ1) is 17.5. The average Bonchev–Trinajstić information content (AvgIpc) is 2.93. The molecule has 0 unspecified atom stereocenters. The van der Waals surface area contributed by atoms with Crippen molar-refractivity contribution in [1.82, 2.24) is 4.90 Å². The lowest BCUT2D eigenvalue weighted by molar-refractivity contribution is -0.114. The largest absolute Gasteiger partial charge is 0.497 e. The summed E-state index contributed by atoms with van der Waals surface area (Å²) >= 11 is 0. The molecule has 0 aliphatic carbocycles. The van der Waals surface area contributed by atoms with Crippen LogP contribution in [0.2, 0.25) is 0 Å². The molecule has 3 rings (SSSR count). The molecule has 1 saturated heterocycles. The number of carbonyl (C=O) groups excluding carboxylic acids is 2. The van der Waals surface area contributed by atoms with Crippen molar-refractivity contribution in [2.75, 3.05) is 25.7 Å². The fourth-order valence-corrected chi connectivity index (χ4v) is 4.50. The first-order valence-electron chi connectivity index (χ1n) is 12.0. The summed E-state index contributed by atoms with van der Waals surface area (Å²) in [5.74, 6) is 0.793. The van der Waals surface area contributed by atoms with Crippen molar-refractivity contribution in [3.8, 4) is 5.75 Å². The van der Waals surface area contributed by atoms with Gasteiger partial charge in [0.25, 0.3) is 0 Å². The molecular weight excluding hydrogens is 456 g/mol. The Morgan fingerprint density at radius 2 is 1.97 bits per heavy atom. The minimum atomic E-state index is -0.335. The van der Waals surface area contributed by atoms with E-state index in [0.717, 1.165) is 12.0 Å². The van der Waals surface area contributed by atoms with Crippen LogP contribution in [-0.2, 0) is 16.1 Å². The number of likely N-dealkylation sites (tertiary alicyclic amines) is 1. The van der Waals surface area contributed by atoms with E-state index in [-0.39, 0.29) is 30.3 Å². The number of amides is 1. The second-order valence-corrected chi connectivity index (χ2v) is 8.74. The number of carbonyl (C=O) groups is 2. The van der Waals surface area contributed by atoms with Crippen LogP contribution in [0, 0.1) is 11.8 Å². The number of methoxy groups -OCH3 is 1. The van der Waals surface area contributed by atoms with E-state index in [9.17, 15) is 14.8 Å². The summed E-state index contributed by atoms with van der Waals surface area (Å²) in [7, 11) is 1.54. The molecular formula is C29H34N2O5. The van der Waals surface area contributed by atoms with Gasteiger partial charge in [-0.3, -0.25) is 15.5 Å². The van der Waals surface area contributed by atoms with Gasteiger partial charge in [-0.2, -0.15) is 0 Å². The van der Waals surface area contributed by atoms with Gasteiger partial charge in [0, 0.05) is 30.6 Å². The van der Waals surface area contributed by atoms with E-state index in [0.29, 0.717) is 48.5 Å². The molecule has 1 heterocycles. The Kier molecular flexibility index (Phi) is 9.89. The third-order valence-corrected chi connectivity index (χ3v) is 6.54. The maximum atomic E-state index is 13.3. The van der Waals surface area contributed by atoms with E-state index in [4.69, 9.17) is 9.47 Å². The molecule has 7 heteroatoms. The number of nitrogens with zero attached hydrogens (tertiary/aromatic N) is 1. The third kappa shape index (κ3) is 6.86. The van der Waals surface area contributed by atoms with Crippen LogP contribution in [0.25, 0.3) is 5.57 Å². The maximum Gasteiger partial charge on any atom is 0.410 e. The fourth-order valence-electron chi connectivity index (χ4n) is 4.50. The number of hydrogen-bond acceptors (Lipinski definition) is 6. The van der Waals surface area contributed by atoms with E-state index in [1.807, 2.05) is 36.4 Å². The van der Waals surface area contributed by atoms with E-state index in [1.54, 1.807) is 42.4 Å². The number of ketones is 1. The number of allylic oxidation sites excluding steroid dienone is 3. The molecule has 1 aliphatic heterocycles. The molecule has 0 radical (unpaired) electrons. The molecule has 2 N–H and O–H groups in total. The van der Waals surface area contributed by atoms with Gasteiger partial charge in [0.1, 0.15) is 12.4 Å². The van der Waals surface area contributed by atoms with Gasteiger partial charge in [0.15, 0.2) is 5.78 Å². The molecule has 0 bridgehead atoms. The van der Waals surface area contributed by atoms with Crippen LogP contribution in [0.4, 0.5) is 10.5 Å². The van der Waals surface area contributed by atoms with Crippen LogP contribution in [0.5, 0.6) is 5.75 Å². The fraction of sp³-hybridized carbons (Fsp3) is 0.310. The normalized spacial score (nSPS) is 17.7. The highest BCUT2D eigenvalue weighted by Crippen LogP contribution is 2.33. The minimum Gasteiger partial charge on any atom is -0.497 e. The average molecular weight is 491 g/mol. The van der Waals surface area contributed by atoms with Gasteiger partial charge in [-0.1, -0.05) is 55.1 Å². The van der Waals surface area contributed by atoms with Gasteiger partial charge < -0.3 is 14.4 Å². The number of ether oxygens (including phenoxy) is 2. The van der Waals surface area contributed by atoms with Crippen molar-refractivity contribution < 1.29 is 24.3 Å². The first kappa shape index (κ1) is 26.8. The molecule has 2 atom stereocenters. The Hall–Kier alpha value is -3.84. The first-order valence-corrected chi connectivity index (χ1v) is 12.0. The molecule has 1 amide bonds. The third-order valence-electron chi connectivity index (χ3n) is 6.54. The van der Waals surface area contributed by atoms with E-state index in [2.05, 4.69) is 18.6 Å². The van der Waals surface area contributed by atoms with E-state index < -0.39 is 0 Å². The quantitative estimate of drug-likeness (QED) is 0.177. The van der Waals surface area contributed by atoms with Crippen LogP contribution in [0.1, 0.15) is 30.4 Å². The zero-order valence-electron chi connectivity index (χ0n) is 20.7. The number of Topliss-reactive ketones (excluding diaryl/α,β-unsaturated/α-hetero) is 1. The maximum absolute atomic E-state index is 13.3. The molecule has 0 aromatic heterocycles. The van der Waals surface area contributed by atoms with Crippen molar-refractivity contribution in [2.45, 2.75) is 25.9 Å². The van der Waals surface area contributed by atoms with Crippen LogP contribution in [0.15, 0.2) is 79.9 Å². The number of anilines is 1. The van der Waals surface area contributed by atoms with Gasteiger partial charge in [0.05, 0.1) is 12.8 Å². The Morgan fingerprint density at radius 3 is 2.64 bits per heavy atom. The highest BCUT2D eigenvalue weighted by Gasteiger charge is 2.31. The molecule has 0 saturated carbocycles. The van der Waals surface area contributed by atoms with E-state index >= 15 is 0 Å².